The number of anilines is 2. The molecule has 2 saturated heterocycles. The number of para-hydroxylation sites is 3. The Morgan fingerprint density at radius 1 is 1.00 bits per heavy atom. The third kappa shape index (κ3) is 3.19. The fourth-order valence-electron chi connectivity index (χ4n) is 6.69. The van der Waals surface area contributed by atoms with Gasteiger partial charge in [-0.25, -0.2) is 9.69 Å². The zero-order chi connectivity index (χ0) is 27.8. The highest BCUT2D eigenvalue weighted by atomic mass is 35.5. The van der Waals surface area contributed by atoms with Crippen molar-refractivity contribution in [2.75, 3.05) is 17.3 Å². The Hall–Kier alpha value is -4.47. The first-order valence-electron chi connectivity index (χ1n) is 12.8. The molecule has 0 saturated carbocycles. The van der Waals surface area contributed by atoms with E-state index in [9.17, 15) is 19.2 Å². The zero-order valence-corrected chi connectivity index (χ0v) is 22.0. The number of benzene rings is 3. The molecule has 1 spiro atoms. The van der Waals surface area contributed by atoms with Gasteiger partial charge in [-0.1, -0.05) is 54.1 Å². The van der Waals surface area contributed by atoms with E-state index >= 15 is 0 Å². The Morgan fingerprint density at radius 3 is 2.60 bits per heavy atom. The lowest BCUT2D eigenvalue weighted by molar-refractivity contribution is -0.130. The predicted molar refractivity (Wildman–Crippen MR) is 148 cm³/mol. The summed E-state index contributed by atoms with van der Waals surface area (Å²) in [5.41, 5.74) is 1.52. The van der Waals surface area contributed by atoms with Gasteiger partial charge >= 0.3 is 5.97 Å². The van der Waals surface area contributed by atoms with Crippen LogP contribution in [-0.4, -0.2) is 41.8 Å². The molecule has 1 aromatic heterocycles. The lowest BCUT2D eigenvalue weighted by Gasteiger charge is -2.30. The van der Waals surface area contributed by atoms with Gasteiger partial charge in [0, 0.05) is 28.7 Å². The van der Waals surface area contributed by atoms with Crippen LogP contribution in [0.2, 0.25) is 5.02 Å². The number of rotatable bonds is 4. The second kappa shape index (κ2) is 8.77. The van der Waals surface area contributed by atoms with Gasteiger partial charge in [0.2, 0.25) is 17.7 Å². The first kappa shape index (κ1) is 24.6. The number of carbonyl (C=O) groups excluding carboxylic acids is 4. The first-order valence-corrected chi connectivity index (χ1v) is 13.2. The molecule has 7 rings (SSSR count). The molecule has 4 heterocycles. The highest BCUT2D eigenvalue weighted by Gasteiger charge is 2.71. The van der Waals surface area contributed by atoms with Gasteiger partial charge in [-0.2, -0.15) is 0 Å². The van der Waals surface area contributed by atoms with Crippen LogP contribution in [0, 0.1) is 11.8 Å². The molecule has 0 aliphatic carbocycles. The number of methoxy groups -OCH3 is 1. The molecular weight excluding hydrogens is 532 g/mol. The smallest absolute Gasteiger partial charge is 0.339 e. The maximum atomic E-state index is 14.3. The van der Waals surface area contributed by atoms with E-state index in [1.165, 1.54) is 19.2 Å². The summed E-state index contributed by atoms with van der Waals surface area (Å²) in [6, 6.07) is 18.7. The third-order valence-electron chi connectivity index (χ3n) is 8.36. The van der Waals surface area contributed by atoms with Gasteiger partial charge in [-0.3, -0.25) is 19.7 Å². The Balaban J connectivity index is 1.40. The minimum atomic E-state index is -1.52. The molecule has 200 valence electrons. The summed E-state index contributed by atoms with van der Waals surface area (Å²) in [5.74, 6) is -4.13. The van der Waals surface area contributed by atoms with Crippen LogP contribution in [-0.2, 0) is 31.1 Å². The highest BCUT2D eigenvalue weighted by molar-refractivity contribution is 6.35. The van der Waals surface area contributed by atoms with Crippen molar-refractivity contribution < 1.29 is 23.9 Å². The maximum absolute atomic E-state index is 14.3. The van der Waals surface area contributed by atoms with Crippen molar-refractivity contribution in [1.29, 1.82) is 0 Å². The van der Waals surface area contributed by atoms with E-state index in [2.05, 4.69) is 15.6 Å². The van der Waals surface area contributed by atoms with Crippen LogP contribution in [0.1, 0.15) is 21.5 Å². The zero-order valence-electron chi connectivity index (χ0n) is 21.2. The van der Waals surface area contributed by atoms with Crippen molar-refractivity contribution in [2.45, 2.75) is 18.0 Å². The van der Waals surface area contributed by atoms with E-state index in [1.54, 1.807) is 30.3 Å². The molecular formula is C30H23ClN4O5. The van der Waals surface area contributed by atoms with Crippen molar-refractivity contribution in [3.63, 3.8) is 0 Å². The van der Waals surface area contributed by atoms with E-state index in [-0.39, 0.29) is 11.3 Å². The number of nitrogens with one attached hydrogen (secondary N) is 3. The van der Waals surface area contributed by atoms with Crippen LogP contribution in [0.25, 0.3) is 10.9 Å². The van der Waals surface area contributed by atoms with Gasteiger partial charge in [0.15, 0.2) is 0 Å². The lowest BCUT2D eigenvalue weighted by atomic mass is 9.76. The molecule has 4 aromatic rings. The second-order valence-corrected chi connectivity index (χ2v) is 10.7. The van der Waals surface area contributed by atoms with Crippen molar-refractivity contribution in [3.05, 3.63) is 94.6 Å². The van der Waals surface area contributed by atoms with E-state index in [4.69, 9.17) is 16.3 Å². The number of halogens is 1. The number of aromatic amines is 1. The minimum Gasteiger partial charge on any atom is -0.465 e. The average molecular weight is 555 g/mol. The number of esters is 1. The summed E-state index contributed by atoms with van der Waals surface area (Å²) in [5, 5.41) is 7.62. The van der Waals surface area contributed by atoms with Crippen molar-refractivity contribution >= 4 is 57.6 Å². The quantitative estimate of drug-likeness (QED) is 0.261. The molecule has 9 nitrogen and oxygen atoms in total. The minimum absolute atomic E-state index is 0.0844. The Bertz CT molecular complexity index is 1770. The second-order valence-electron chi connectivity index (χ2n) is 10.3. The van der Waals surface area contributed by atoms with Gasteiger partial charge < -0.3 is 15.0 Å². The SMILES string of the molecule is COC(=O)c1ccccc1N1C(=O)[C@H]2[C@H](Cc3c[nH]c4ccccc34)N[C@@]3(C(=O)Nc4c(Cl)cccc43)[C@@H]2C1=O. The van der Waals surface area contributed by atoms with Crippen molar-refractivity contribution in [3.8, 4) is 0 Å². The standard InChI is InChI=1S/C30H23ClN4O5/c1-40-28(38)17-8-3-5-12-22(17)35-26(36)23-21(13-15-14-32-20-11-4-2-7-16(15)20)34-30(24(23)27(35)37)18-9-6-10-19(31)25(18)33-29(30)39/h2-12,14,21,23-24,32,34H,13H2,1H3,(H,33,39)/t21-,23-,24-,30+/m0/s1. The van der Waals surface area contributed by atoms with Crippen LogP contribution in [0.3, 0.4) is 0 Å². The third-order valence-corrected chi connectivity index (χ3v) is 8.68. The normalized spacial score (nSPS) is 25.0. The number of H-pyrrole nitrogens is 1. The first-order chi connectivity index (χ1) is 19.4. The number of imide groups is 1. The maximum Gasteiger partial charge on any atom is 0.339 e. The van der Waals surface area contributed by atoms with Crippen molar-refractivity contribution in [1.82, 2.24) is 10.3 Å². The number of amides is 3. The van der Waals surface area contributed by atoms with Crippen LogP contribution in [0.4, 0.5) is 11.4 Å². The van der Waals surface area contributed by atoms with E-state index in [1.807, 2.05) is 30.5 Å². The summed E-state index contributed by atoms with van der Waals surface area (Å²) >= 11 is 6.46. The van der Waals surface area contributed by atoms with Crippen LogP contribution >= 0.6 is 11.6 Å². The van der Waals surface area contributed by atoms with Crippen molar-refractivity contribution in [2.24, 2.45) is 11.8 Å². The highest BCUT2D eigenvalue weighted by Crippen LogP contribution is 2.55. The van der Waals surface area contributed by atoms with Gasteiger partial charge in [0.25, 0.3) is 0 Å². The number of ether oxygens (including phenoxy) is 1. The van der Waals surface area contributed by atoms with Crippen LogP contribution in [0.15, 0.2) is 72.9 Å². The average Bonchev–Trinajstić information content (AvgIpc) is 3.68. The number of nitrogens with zero attached hydrogens (tertiary/aromatic N) is 1. The summed E-state index contributed by atoms with van der Waals surface area (Å²) in [4.78, 5) is 59.3. The molecule has 0 bridgehead atoms. The Morgan fingerprint density at radius 2 is 1.77 bits per heavy atom. The molecule has 10 heteroatoms. The predicted octanol–water partition coefficient (Wildman–Crippen LogP) is 3.78. The van der Waals surface area contributed by atoms with Crippen LogP contribution in [0.5, 0.6) is 0 Å². The number of carbonyl (C=O) groups is 4. The monoisotopic (exact) mass is 554 g/mol. The topological polar surface area (TPSA) is 121 Å². The molecule has 3 N–H and O–H groups in total. The Labute approximate surface area is 233 Å². The molecule has 3 aliphatic rings. The van der Waals surface area contributed by atoms with Gasteiger partial charge in [0.1, 0.15) is 5.54 Å². The molecule has 4 atom stereocenters. The van der Waals surface area contributed by atoms with Gasteiger partial charge in [-0.05, 0) is 36.2 Å². The van der Waals surface area contributed by atoms with E-state index in [0.29, 0.717) is 22.7 Å². The van der Waals surface area contributed by atoms with E-state index < -0.39 is 47.1 Å². The molecule has 0 unspecified atom stereocenters. The van der Waals surface area contributed by atoms with Gasteiger partial charge in [-0.15, -0.1) is 0 Å². The number of fused-ring (bicyclic) bond motifs is 5. The molecule has 2 fully saturated rings. The number of hydrogen-bond acceptors (Lipinski definition) is 6. The largest absolute Gasteiger partial charge is 0.465 e. The van der Waals surface area contributed by atoms with E-state index in [0.717, 1.165) is 21.4 Å². The Kier molecular flexibility index (Phi) is 5.39. The molecule has 40 heavy (non-hydrogen) atoms. The fraction of sp³-hybridized carbons (Fsp3) is 0.200. The number of aromatic nitrogens is 1. The summed E-state index contributed by atoms with van der Waals surface area (Å²) in [7, 11) is 1.24. The molecule has 3 aliphatic heterocycles. The lowest BCUT2D eigenvalue weighted by Crippen LogP contribution is -2.53. The van der Waals surface area contributed by atoms with Crippen LogP contribution < -0.4 is 15.5 Å². The summed E-state index contributed by atoms with van der Waals surface area (Å²) in [6.45, 7) is 0. The number of hydrogen-bond donors (Lipinski definition) is 3. The molecule has 3 amide bonds. The fourth-order valence-corrected chi connectivity index (χ4v) is 6.92. The summed E-state index contributed by atoms with van der Waals surface area (Å²) in [6.07, 6.45) is 2.26. The molecule has 0 radical (unpaired) electrons. The molecule has 3 aromatic carbocycles. The van der Waals surface area contributed by atoms with Gasteiger partial charge in [0.05, 0.1) is 40.9 Å². The summed E-state index contributed by atoms with van der Waals surface area (Å²) < 4.78 is 4.92.